The first-order valence-corrected chi connectivity index (χ1v) is 10.6. The molecule has 0 aromatic carbocycles. The molecule has 0 radical (unpaired) electrons. The van der Waals surface area contributed by atoms with E-state index in [1.165, 1.54) is 0 Å². The van der Waals surface area contributed by atoms with Crippen molar-refractivity contribution in [3.63, 3.8) is 0 Å². The monoisotopic (exact) mass is 524 g/mol. The normalized spacial score (nSPS) is 30.7. The number of hydrogen-bond donors (Lipinski definition) is 2. The van der Waals surface area contributed by atoms with E-state index < -0.39 is 0 Å². The van der Waals surface area contributed by atoms with Crippen LogP contribution in [-0.2, 0) is 19.0 Å². The Balaban J connectivity index is 0.00000300. The van der Waals surface area contributed by atoms with Gasteiger partial charge in [0.1, 0.15) is 12.6 Å². The average Bonchev–Trinajstić information content (AvgIpc) is 3.10. The summed E-state index contributed by atoms with van der Waals surface area (Å²) in [5, 5.41) is 6.80. The number of hydrogen-bond acceptors (Lipinski definition) is 5. The highest BCUT2D eigenvalue weighted by Gasteiger charge is 2.43. The number of rotatable bonds is 5. The smallest absolute Gasteiger partial charge is 0.243 e. The second-order valence-corrected chi connectivity index (χ2v) is 8.51. The van der Waals surface area contributed by atoms with Gasteiger partial charge in [-0.25, -0.2) is 4.99 Å². The number of guanidine groups is 1. The first kappa shape index (κ1) is 24.6. The molecule has 2 saturated heterocycles. The number of aliphatic imine (C=N–C) groups is 1. The number of likely N-dealkylation sites (N-methyl/N-ethyl adjacent to an activating group) is 1. The summed E-state index contributed by atoms with van der Waals surface area (Å²) in [5.41, 5.74) is 0. The van der Waals surface area contributed by atoms with E-state index in [9.17, 15) is 4.79 Å². The van der Waals surface area contributed by atoms with Crippen molar-refractivity contribution >= 4 is 35.8 Å². The minimum absolute atomic E-state index is 0. The van der Waals surface area contributed by atoms with Crippen LogP contribution >= 0.6 is 24.0 Å². The van der Waals surface area contributed by atoms with Crippen LogP contribution in [0.1, 0.15) is 45.4 Å². The van der Waals surface area contributed by atoms with E-state index in [4.69, 9.17) is 14.2 Å². The first-order chi connectivity index (χ1) is 13.5. The van der Waals surface area contributed by atoms with Crippen molar-refractivity contribution in [2.75, 3.05) is 47.0 Å². The zero-order chi connectivity index (χ0) is 20.0. The predicted molar refractivity (Wildman–Crippen MR) is 123 cm³/mol. The first-order valence-electron chi connectivity index (χ1n) is 10.6. The van der Waals surface area contributed by atoms with E-state index in [1.807, 2.05) is 0 Å². The fourth-order valence-electron chi connectivity index (χ4n) is 3.87. The van der Waals surface area contributed by atoms with Crippen LogP contribution in [0.25, 0.3) is 0 Å². The van der Waals surface area contributed by atoms with Gasteiger partial charge < -0.3 is 29.7 Å². The molecule has 9 heteroatoms. The molecule has 1 unspecified atom stereocenters. The van der Waals surface area contributed by atoms with Gasteiger partial charge in [-0.15, -0.1) is 24.0 Å². The van der Waals surface area contributed by atoms with Crippen molar-refractivity contribution in [3.05, 3.63) is 0 Å². The third-order valence-corrected chi connectivity index (χ3v) is 5.88. The van der Waals surface area contributed by atoms with Crippen LogP contribution in [-0.4, -0.2) is 81.7 Å². The maximum atomic E-state index is 11.9. The van der Waals surface area contributed by atoms with Crippen LogP contribution in [0.3, 0.4) is 0 Å². The number of ether oxygens (including phenoxy) is 3. The molecule has 2 aliphatic heterocycles. The molecule has 1 saturated carbocycles. The van der Waals surface area contributed by atoms with Gasteiger partial charge in [0.05, 0.1) is 6.61 Å². The van der Waals surface area contributed by atoms with Crippen LogP contribution in [0.2, 0.25) is 0 Å². The fraction of sp³-hybridized carbons (Fsp3) is 0.900. The van der Waals surface area contributed by atoms with E-state index in [2.05, 4.69) is 22.5 Å². The molecule has 2 N–H and O–H groups in total. The SMILES string of the molecule is CC1CCC2(CC1)OCC(CNC(=NCC(=O)N(C)C)NC1CCOCC1)O2.I. The van der Waals surface area contributed by atoms with Gasteiger partial charge in [-0.3, -0.25) is 4.79 Å². The van der Waals surface area contributed by atoms with E-state index in [0.717, 1.165) is 57.7 Å². The van der Waals surface area contributed by atoms with Crippen LogP contribution in [0, 0.1) is 5.92 Å². The molecular weight excluding hydrogens is 487 g/mol. The summed E-state index contributed by atoms with van der Waals surface area (Å²) in [6.07, 6.45) is 6.14. The topological polar surface area (TPSA) is 84.4 Å². The van der Waals surface area contributed by atoms with Gasteiger partial charge in [-0.1, -0.05) is 6.92 Å². The highest BCUT2D eigenvalue weighted by Crippen LogP contribution is 2.39. The fourth-order valence-corrected chi connectivity index (χ4v) is 3.87. The van der Waals surface area contributed by atoms with Crippen LogP contribution in [0.5, 0.6) is 0 Å². The Morgan fingerprint density at radius 2 is 1.86 bits per heavy atom. The molecule has 168 valence electrons. The summed E-state index contributed by atoms with van der Waals surface area (Å²) in [6, 6.07) is 0.307. The van der Waals surface area contributed by atoms with Gasteiger partial charge in [0.2, 0.25) is 5.91 Å². The van der Waals surface area contributed by atoms with Gasteiger partial charge in [-0.2, -0.15) is 0 Å². The molecule has 1 amide bonds. The van der Waals surface area contributed by atoms with Crippen molar-refractivity contribution in [2.45, 2.75) is 63.4 Å². The van der Waals surface area contributed by atoms with Crippen molar-refractivity contribution < 1.29 is 19.0 Å². The average molecular weight is 524 g/mol. The minimum Gasteiger partial charge on any atom is -0.381 e. The zero-order valence-electron chi connectivity index (χ0n) is 17.9. The second kappa shape index (κ2) is 11.7. The summed E-state index contributed by atoms with van der Waals surface area (Å²) in [4.78, 5) is 18.0. The highest BCUT2D eigenvalue weighted by atomic mass is 127. The summed E-state index contributed by atoms with van der Waals surface area (Å²) < 4.78 is 17.8. The molecule has 1 atom stereocenters. The number of amides is 1. The predicted octanol–water partition coefficient (Wildman–Crippen LogP) is 1.73. The standard InChI is InChI=1S/C20H36N4O4.HI/c1-15-4-8-20(9-5-15)27-14-17(28-20)12-21-19(22-13-18(25)24(2)3)23-16-6-10-26-11-7-16;/h15-17H,4-14H2,1-3H3,(H2,21,22,23);1H. The molecule has 3 rings (SSSR count). The molecule has 8 nitrogen and oxygen atoms in total. The van der Waals surface area contributed by atoms with E-state index in [0.29, 0.717) is 25.2 Å². The number of nitrogens with zero attached hydrogens (tertiary/aromatic N) is 2. The van der Waals surface area contributed by atoms with E-state index in [1.54, 1.807) is 19.0 Å². The lowest BCUT2D eigenvalue weighted by Gasteiger charge is -2.34. The molecule has 3 aliphatic rings. The number of halogens is 1. The van der Waals surface area contributed by atoms with Gasteiger partial charge in [0, 0.05) is 52.7 Å². The van der Waals surface area contributed by atoms with Gasteiger partial charge >= 0.3 is 0 Å². The third kappa shape index (κ3) is 7.52. The van der Waals surface area contributed by atoms with Gasteiger partial charge in [-0.05, 0) is 31.6 Å². The van der Waals surface area contributed by atoms with Crippen LogP contribution in [0.15, 0.2) is 4.99 Å². The summed E-state index contributed by atoms with van der Waals surface area (Å²) in [5.74, 6) is 1.00. The number of nitrogens with one attached hydrogen (secondary N) is 2. The zero-order valence-corrected chi connectivity index (χ0v) is 20.3. The Bertz CT molecular complexity index is 547. The minimum atomic E-state index is -0.384. The highest BCUT2D eigenvalue weighted by molar-refractivity contribution is 14.0. The van der Waals surface area contributed by atoms with Crippen LogP contribution in [0.4, 0.5) is 0 Å². The lowest BCUT2D eigenvalue weighted by molar-refractivity contribution is -0.191. The van der Waals surface area contributed by atoms with E-state index in [-0.39, 0.29) is 48.3 Å². The molecule has 0 bridgehead atoms. The van der Waals surface area contributed by atoms with Crippen molar-refractivity contribution in [3.8, 4) is 0 Å². The Morgan fingerprint density at radius 3 is 2.52 bits per heavy atom. The number of carbonyl (C=O) groups is 1. The molecule has 1 aliphatic carbocycles. The van der Waals surface area contributed by atoms with Gasteiger partial charge in [0.25, 0.3) is 0 Å². The molecular formula is C20H37IN4O4. The summed E-state index contributed by atoms with van der Waals surface area (Å²) in [6.45, 7) is 5.13. The Labute approximate surface area is 191 Å². The Morgan fingerprint density at radius 1 is 1.17 bits per heavy atom. The molecule has 0 aromatic rings. The lowest BCUT2D eigenvalue weighted by atomic mass is 9.86. The Hall–Kier alpha value is -0.650. The number of carbonyl (C=O) groups excluding carboxylic acids is 1. The maximum absolute atomic E-state index is 11.9. The van der Waals surface area contributed by atoms with Crippen molar-refractivity contribution in [2.24, 2.45) is 10.9 Å². The lowest BCUT2D eigenvalue weighted by Crippen LogP contribution is -2.48. The molecule has 2 heterocycles. The van der Waals surface area contributed by atoms with E-state index >= 15 is 0 Å². The molecule has 0 aromatic heterocycles. The van der Waals surface area contributed by atoms with Crippen molar-refractivity contribution in [1.82, 2.24) is 15.5 Å². The molecule has 3 fully saturated rings. The maximum Gasteiger partial charge on any atom is 0.243 e. The Kier molecular flexibility index (Phi) is 9.90. The third-order valence-electron chi connectivity index (χ3n) is 5.88. The largest absolute Gasteiger partial charge is 0.381 e. The van der Waals surface area contributed by atoms with Gasteiger partial charge in [0.15, 0.2) is 11.7 Å². The summed E-state index contributed by atoms with van der Waals surface area (Å²) in [7, 11) is 3.48. The van der Waals surface area contributed by atoms with Crippen molar-refractivity contribution in [1.29, 1.82) is 0 Å². The molecule has 1 spiro atoms. The quantitative estimate of drug-likeness (QED) is 0.324. The second-order valence-electron chi connectivity index (χ2n) is 8.51. The summed E-state index contributed by atoms with van der Waals surface area (Å²) >= 11 is 0. The van der Waals surface area contributed by atoms with Crippen LogP contribution < -0.4 is 10.6 Å². The molecule has 29 heavy (non-hydrogen) atoms.